The smallest absolute Gasteiger partial charge is 0.187 e. The number of thiazole rings is 2. The Bertz CT molecular complexity index is 825. The van der Waals surface area contributed by atoms with Crippen molar-refractivity contribution in [3.05, 3.63) is 46.4 Å². The lowest BCUT2D eigenvalue weighted by molar-refractivity contribution is -0.000974. The first-order chi connectivity index (χ1) is 12.2. The maximum Gasteiger partial charge on any atom is 0.187 e. The fraction of sp³-hybridized carbons (Fsp3) is 0.368. The minimum Gasteiger partial charge on any atom is -0.370 e. The number of anilines is 2. The highest BCUT2D eigenvalue weighted by Gasteiger charge is 2.26. The van der Waals surface area contributed by atoms with Crippen molar-refractivity contribution < 1.29 is 4.74 Å². The van der Waals surface area contributed by atoms with Crippen LogP contribution in [0.5, 0.6) is 0 Å². The van der Waals surface area contributed by atoms with Gasteiger partial charge in [-0.2, -0.15) is 0 Å². The van der Waals surface area contributed by atoms with E-state index in [9.17, 15) is 0 Å². The van der Waals surface area contributed by atoms with Gasteiger partial charge in [0.2, 0.25) is 0 Å². The third-order valence-corrected chi connectivity index (χ3v) is 6.08. The van der Waals surface area contributed by atoms with Gasteiger partial charge in [0, 0.05) is 22.8 Å². The molecule has 130 valence electrons. The van der Waals surface area contributed by atoms with E-state index >= 15 is 0 Å². The first-order valence-electron chi connectivity index (χ1n) is 8.61. The summed E-state index contributed by atoms with van der Waals surface area (Å²) in [6.07, 6.45) is 5.57. The molecule has 0 fully saturated rings. The Balaban J connectivity index is 1.51. The van der Waals surface area contributed by atoms with Crippen LogP contribution >= 0.6 is 22.7 Å². The van der Waals surface area contributed by atoms with Gasteiger partial charge in [-0.25, -0.2) is 9.97 Å². The number of aryl methyl sites for hydroxylation is 1. The molecule has 0 amide bonds. The van der Waals surface area contributed by atoms with E-state index in [1.165, 1.54) is 10.6 Å². The Hall–Kier alpha value is -1.76. The van der Waals surface area contributed by atoms with E-state index in [2.05, 4.69) is 48.4 Å². The van der Waals surface area contributed by atoms with E-state index in [1.807, 2.05) is 11.6 Å². The molecule has 1 unspecified atom stereocenters. The van der Waals surface area contributed by atoms with E-state index in [4.69, 9.17) is 9.72 Å². The lowest BCUT2D eigenvalue weighted by Gasteiger charge is -2.23. The van der Waals surface area contributed by atoms with E-state index in [0.29, 0.717) is 0 Å². The molecule has 1 N–H and O–H groups in total. The molecule has 1 aliphatic rings. The Morgan fingerprint density at radius 1 is 1.24 bits per heavy atom. The quantitative estimate of drug-likeness (QED) is 0.614. The van der Waals surface area contributed by atoms with Gasteiger partial charge in [0.1, 0.15) is 5.01 Å². The molecule has 1 aliphatic carbocycles. The number of aromatic nitrogens is 2. The highest BCUT2D eigenvalue weighted by molar-refractivity contribution is 7.15. The summed E-state index contributed by atoms with van der Waals surface area (Å²) in [5, 5.41) is 7.44. The molecule has 25 heavy (non-hydrogen) atoms. The fourth-order valence-electron chi connectivity index (χ4n) is 3.08. The van der Waals surface area contributed by atoms with Gasteiger partial charge in [0.25, 0.3) is 0 Å². The highest BCUT2D eigenvalue weighted by Crippen LogP contribution is 2.39. The average molecular weight is 372 g/mol. The molecule has 2 aromatic heterocycles. The first-order valence-corrected chi connectivity index (χ1v) is 10.3. The third-order valence-electron chi connectivity index (χ3n) is 4.15. The Morgan fingerprint density at radius 2 is 2.08 bits per heavy atom. The summed E-state index contributed by atoms with van der Waals surface area (Å²) in [6, 6.07) is 8.36. The van der Waals surface area contributed by atoms with Crippen molar-refractivity contribution in [2.24, 2.45) is 0 Å². The molecule has 1 atom stereocenters. The zero-order chi connectivity index (χ0) is 17.2. The van der Waals surface area contributed by atoms with Crippen LogP contribution in [0, 0.1) is 0 Å². The number of hydrogen-bond donors (Lipinski definition) is 1. The molecule has 0 saturated heterocycles. The number of benzene rings is 1. The number of ether oxygens (including phenoxy) is 1. The molecule has 0 radical (unpaired) electrons. The van der Waals surface area contributed by atoms with Crippen molar-refractivity contribution in [2.75, 3.05) is 5.32 Å². The molecule has 3 aromatic rings. The second kappa shape index (κ2) is 7.23. The van der Waals surface area contributed by atoms with Gasteiger partial charge in [-0.1, -0.05) is 11.3 Å². The number of fused-ring (bicyclic) bond motifs is 1. The minimum atomic E-state index is 0.198. The number of rotatable bonds is 5. The van der Waals surface area contributed by atoms with Crippen LogP contribution < -0.4 is 5.32 Å². The summed E-state index contributed by atoms with van der Waals surface area (Å²) >= 11 is 3.38. The van der Waals surface area contributed by atoms with E-state index in [1.54, 1.807) is 22.7 Å². The van der Waals surface area contributed by atoms with Gasteiger partial charge in [-0.15, -0.1) is 11.3 Å². The molecule has 4 nitrogen and oxygen atoms in total. The summed E-state index contributed by atoms with van der Waals surface area (Å²) in [4.78, 5) is 10.4. The number of nitrogens with zero attached hydrogens (tertiary/aromatic N) is 2. The summed E-state index contributed by atoms with van der Waals surface area (Å²) in [5.74, 6) is 0. The highest BCUT2D eigenvalue weighted by atomic mass is 32.1. The van der Waals surface area contributed by atoms with E-state index < -0.39 is 0 Å². The average Bonchev–Trinajstić information content (AvgIpc) is 3.25. The van der Waals surface area contributed by atoms with Crippen LogP contribution in [0.15, 0.2) is 35.8 Å². The summed E-state index contributed by atoms with van der Waals surface area (Å²) < 4.78 is 6.08. The second-order valence-electron chi connectivity index (χ2n) is 6.44. The van der Waals surface area contributed by atoms with E-state index in [0.717, 1.165) is 40.7 Å². The molecule has 0 spiro atoms. The number of hydrogen-bond acceptors (Lipinski definition) is 6. The van der Waals surface area contributed by atoms with Gasteiger partial charge in [-0.05, 0) is 57.4 Å². The van der Waals surface area contributed by atoms with Crippen LogP contribution in [0.3, 0.4) is 0 Å². The van der Waals surface area contributed by atoms with Crippen LogP contribution in [-0.2, 0) is 11.2 Å². The summed E-state index contributed by atoms with van der Waals surface area (Å²) in [7, 11) is 0. The van der Waals surface area contributed by atoms with Crippen molar-refractivity contribution >= 4 is 33.5 Å². The van der Waals surface area contributed by atoms with Gasteiger partial charge in [0.15, 0.2) is 5.13 Å². The molecule has 6 heteroatoms. The van der Waals surface area contributed by atoms with E-state index in [-0.39, 0.29) is 12.2 Å². The van der Waals surface area contributed by atoms with Crippen molar-refractivity contribution in [2.45, 2.75) is 45.3 Å². The first kappa shape index (κ1) is 16.7. The Labute approximate surface area is 155 Å². The monoisotopic (exact) mass is 371 g/mol. The van der Waals surface area contributed by atoms with Crippen LogP contribution in [-0.4, -0.2) is 16.1 Å². The Kier molecular flexibility index (Phi) is 4.83. The zero-order valence-electron chi connectivity index (χ0n) is 14.4. The maximum atomic E-state index is 6.08. The van der Waals surface area contributed by atoms with Crippen molar-refractivity contribution in [1.29, 1.82) is 0 Å². The normalized spacial score (nSPS) is 16.8. The minimum absolute atomic E-state index is 0.198. The summed E-state index contributed by atoms with van der Waals surface area (Å²) in [5.41, 5.74) is 3.39. The van der Waals surface area contributed by atoms with Crippen LogP contribution in [0.4, 0.5) is 10.8 Å². The predicted octanol–water partition coefficient (Wildman–Crippen LogP) is 5.81. The lowest BCUT2D eigenvalue weighted by atomic mass is 10.0. The van der Waals surface area contributed by atoms with Gasteiger partial charge in [-0.3, -0.25) is 0 Å². The molecule has 1 aromatic carbocycles. The standard InChI is InChI=1S/C19H21N3OS2/c1-12(2)23-16-5-3-4-15-17(16)25-19(22-15)21-14-8-6-13(7-9-14)18-20-10-11-24-18/h6-12,16H,3-5H2,1-2H3,(H,21,22). The molecule has 2 heterocycles. The predicted molar refractivity (Wildman–Crippen MR) is 105 cm³/mol. The van der Waals surface area contributed by atoms with Crippen LogP contribution in [0.2, 0.25) is 0 Å². The second-order valence-corrected chi connectivity index (χ2v) is 8.36. The molecular formula is C19H21N3OS2. The lowest BCUT2D eigenvalue weighted by Crippen LogP contribution is -2.14. The molecule has 4 rings (SSSR count). The molecule has 0 aliphatic heterocycles. The van der Waals surface area contributed by atoms with Gasteiger partial charge in [0.05, 0.1) is 22.8 Å². The number of nitrogens with one attached hydrogen (secondary N) is 1. The van der Waals surface area contributed by atoms with Gasteiger partial charge < -0.3 is 10.1 Å². The molecule has 0 saturated carbocycles. The zero-order valence-corrected chi connectivity index (χ0v) is 16.0. The maximum absolute atomic E-state index is 6.08. The van der Waals surface area contributed by atoms with Crippen molar-refractivity contribution in [3.63, 3.8) is 0 Å². The SMILES string of the molecule is CC(C)OC1CCCc2nc(Nc3ccc(-c4nccs4)cc3)sc21. The van der Waals surface area contributed by atoms with Gasteiger partial charge >= 0.3 is 0 Å². The fourth-order valence-corrected chi connectivity index (χ4v) is 4.83. The topological polar surface area (TPSA) is 47.0 Å². The summed E-state index contributed by atoms with van der Waals surface area (Å²) in [6.45, 7) is 4.19. The van der Waals surface area contributed by atoms with Crippen LogP contribution in [0.25, 0.3) is 10.6 Å². The Morgan fingerprint density at radius 3 is 2.80 bits per heavy atom. The van der Waals surface area contributed by atoms with Crippen molar-refractivity contribution in [3.8, 4) is 10.6 Å². The largest absolute Gasteiger partial charge is 0.370 e. The van der Waals surface area contributed by atoms with Crippen LogP contribution in [0.1, 0.15) is 43.4 Å². The third kappa shape index (κ3) is 3.76. The van der Waals surface area contributed by atoms with Crippen molar-refractivity contribution in [1.82, 2.24) is 9.97 Å². The molecular weight excluding hydrogens is 350 g/mol. The molecule has 0 bridgehead atoms.